The third-order valence-electron chi connectivity index (χ3n) is 9.88. The Morgan fingerprint density at radius 2 is 0.958 bits per heavy atom. The molecule has 0 nitrogen and oxygen atoms in total. The quantitative estimate of drug-likeness (QED) is 0.177. The summed E-state index contributed by atoms with van der Waals surface area (Å²) in [7, 11) is 0. The molecular formula is C47H60Se. The third-order valence-corrected chi connectivity index (χ3v) is 12.2. The maximum atomic E-state index is 2.51. The fraction of sp³-hybridized carbons (Fsp3) is 0.404. The number of benzene rings is 2. The van der Waals surface area contributed by atoms with Crippen molar-refractivity contribution in [3.8, 4) is 0 Å². The molecule has 0 N–H and O–H groups in total. The molecule has 254 valence electrons. The molecule has 1 aliphatic rings. The van der Waals surface area contributed by atoms with Crippen LogP contribution in [0.3, 0.4) is 0 Å². The van der Waals surface area contributed by atoms with Crippen LogP contribution in [0.5, 0.6) is 0 Å². The second kappa shape index (κ2) is 14.4. The van der Waals surface area contributed by atoms with Gasteiger partial charge in [-0.1, -0.05) is 0 Å². The molecular weight excluding hydrogens is 643 g/mol. The molecule has 3 aromatic rings. The van der Waals surface area contributed by atoms with Gasteiger partial charge < -0.3 is 0 Å². The van der Waals surface area contributed by atoms with E-state index in [4.69, 9.17) is 0 Å². The van der Waals surface area contributed by atoms with Crippen LogP contribution in [0.25, 0.3) is 11.1 Å². The summed E-state index contributed by atoms with van der Waals surface area (Å²) in [6, 6.07) is 27.0. The molecule has 0 saturated carbocycles. The van der Waals surface area contributed by atoms with Crippen LogP contribution in [0, 0.1) is 21.7 Å². The van der Waals surface area contributed by atoms with Gasteiger partial charge in [0.25, 0.3) is 0 Å². The van der Waals surface area contributed by atoms with Crippen LogP contribution in [-0.4, -0.2) is 14.5 Å². The monoisotopic (exact) mass is 704 g/mol. The van der Waals surface area contributed by atoms with E-state index in [1.54, 1.807) is 0 Å². The predicted molar refractivity (Wildman–Crippen MR) is 214 cm³/mol. The van der Waals surface area contributed by atoms with Crippen LogP contribution in [0.1, 0.15) is 123 Å². The van der Waals surface area contributed by atoms with E-state index < -0.39 is 0 Å². The first kappa shape index (κ1) is 37.7. The molecule has 0 aliphatic heterocycles. The SMILES string of the molecule is C/C(=C\C(/C=C(\C)C(C)(C)C)=C(c1ccccc1)c1ccc(C(=C2C=C(C(C)(C)C)CC(C(C)(C)C)=C2)c2ccccc2)[se]1)C(C)(C)C. The minimum absolute atomic E-state index is 0.0786. The fourth-order valence-corrected chi connectivity index (χ4v) is 8.12. The summed E-state index contributed by atoms with van der Waals surface area (Å²) in [5.41, 5.74) is 14.1. The van der Waals surface area contributed by atoms with Crippen molar-refractivity contribution < 1.29 is 0 Å². The standard InChI is InChI=1S/C47H60Se/c1-32(44(3,4)5)27-36(28-33(2)45(6,7)8)42(34-21-17-15-18-22-34)40-25-26-41(48-40)43(35-23-19-16-20-24-35)37-29-38(46(9,10)11)31-39(30-37)47(12,13)14/h15-30H,31H2,1-14H3/b32-27+,33-28+. The van der Waals surface area contributed by atoms with Crippen LogP contribution in [0.15, 0.2) is 131 Å². The van der Waals surface area contributed by atoms with Gasteiger partial charge in [-0.05, 0) is 0 Å². The van der Waals surface area contributed by atoms with Crippen molar-refractivity contribution in [3.05, 3.63) is 151 Å². The molecule has 1 heteroatoms. The molecule has 1 heterocycles. The zero-order valence-electron chi connectivity index (χ0n) is 32.4. The van der Waals surface area contributed by atoms with Crippen molar-refractivity contribution in [2.75, 3.05) is 0 Å². The molecule has 0 unspecified atom stereocenters. The number of allylic oxidation sites excluding steroid dienone is 10. The average Bonchev–Trinajstić information content (AvgIpc) is 3.45. The third kappa shape index (κ3) is 9.31. The van der Waals surface area contributed by atoms with Crippen LogP contribution in [-0.2, 0) is 0 Å². The van der Waals surface area contributed by atoms with Gasteiger partial charge in [0.15, 0.2) is 0 Å². The Morgan fingerprint density at radius 1 is 0.542 bits per heavy atom. The van der Waals surface area contributed by atoms with E-state index in [0.717, 1.165) is 6.42 Å². The Labute approximate surface area is 299 Å². The Balaban J connectivity index is 2.11. The van der Waals surface area contributed by atoms with Crippen molar-refractivity contribution in [2.45, 2.75) is 103 Å². The topological polar surface area (TPSA) is 0 Å². The molecule has 48 heavy (non-hydrogen) atoms. The van der Waals surface area contributed by atoms with Crippen LogP contribution in [0.4, 0.5) is 0 Å². The normalized spacial score (nSPS) is 15.2. The summed E-state index contributed by atoms with van der Waals surface area (Å²) in [5, 5.41) is 0. The molecule has 1 aliphatic carbocycles. The van der Waals surface area contributed by atoms with E-state index in [9.17, 15) is 0 Å². The summed E-state index contributed by atoms with van der Waals surface area (Å²) in [5.74, 6) is 0. The first-order valence-electron chi connectivity index (χ1n) is 17.7. The van der Waals surface area contributed by atoms with Gasteiger partial charge in [-0.15, -0.1) is 0 Å². The molecule has 0 saturated heterocycles. The molecule has 0 radical (unpaired) electrons. The van der Waals surface area contributed by atoms with Crippen molar-refractivity contribution >= 4 is 25.6 Å². The van der Waals surface area contributed by atoms with Gasteiger partial charge in [-0.3, -0.25) is 0 Å². The van der Waals surface area contributed by atoms with E-state index in [0.29, 0.717) is 0 Å². The first-order valence-corrected chi connectivity index (χ1v) is 19.4. The van der Waals surface area contributed by atoms with Gasteiger partial charge in [0.2, 0.25) is 0 Å². The van der Waals surface area contributed by atoms with Gasteiger partial charge >= 0.3 is 301 Å². The van der Waals surface area contributed by atoms with E-state index >= 15 is 0 Å². The van der Waals surface area contributed by atoms with Crippen LogP contribution >= 0.6 is 0 Å². The zero-order valence-corrected chi connectivity index (χ0v) is 34.1. The second-order valence-electron chi connectivity index (χ2n) is 17.7. The van der Waals surface area contributed by atoms with E-state index in [-0.39, 0.29) is 36.2 Å². The molecule has 4 rings (SSSR count). The maximum absolute atomic E-state index is 2.51. The van der Waals surface area contributed by atoms with Gasteiger partial charge in [0, 0.05) is 0 Å². The number of hydrogen-bond acceptors (Lipinski definition) is 0. The van der Waals surface area contributed by atoms with Gasteiger partial charge in [0.05, 0.1) is 0 Å². The van der Waals surface area contributed by atoms with Crippen LogP contribution < -0.4 is 0 Å². The van der Waals surface area contributed by atoms with Gasteiger partial charge in [-0.2, -0.15) is 0 Å². The summed E-state index contributed by atoms with van der Waals surface area (Å²) >= 11 is 0.102. The molecule has 0 bridgehead atoms. The zero-order chi connectivity index (χ0) is 35.7. The Hall–Kier alpha value is -3.12. The van der Waals surface area contributed by atoms with Gasteiger partial charge in [-0.25, -0.2) is 0 Å². The molecule has 0 atom stereocenters. The Kier molecular flexibility index (Phi) is 11.3. The van der Waals surface area contributed by atoms with E-state index in [1.165, 1.54) is 64.6 Å². The molecule has 0 amide bonds. The Bertz CT molecular complexity index is 1720. The first-order chi connectivity index (χ1) is 22.2. The van der Waals surface area contributed by atoms with Crippen molar-refractivity contribution in [2.24, 2.45) is 21.7 Å². The van der Waals surface area contributed by atoms with Crippen molar-refractivity contribution in [1.29, 1.82) is 0 Å². The number of hydrogen-bond donors (Lipinski definition) is 0. The van der Waals surface area contributed by atoms with Gasteiger partial charge in [0.1, 0.15) is 0 Å². The number of rotatable bonds is 6. The summed E-state index contributed by atoms with van der Waals surface area (Å²) in [6.07, 6.45) is 11.0. The second-order valence-corrected chi connectivity index (χ2v) is 20.0. The Morgan fingerprint density at radius 3 is 1.38 bits per heavy atom. The van der Waals surface area contributed by atoms with E-state index in [1.807, 2.05) is 0 Å². The van der Waals surface area contributed by atoms with Crippen molar-refractivity contribution in [3.63, 3.8) is 0 Å². The summed E-state index contributed by atoms with van der Waals surface area (Å²) in [4.78, 5) is 0. The molecule has 0 fully saturated rings. The fourth-order valence-electron chi connectivity index (χ4n) is 5.64. The molecule has 2 aromatic carbocycles. The molecule has 0 spiro atoms. The van der Waals surface area contributed by atoms with Crippen LogP contribution in [0.2, 0.25) is 0 Å². The molecule has 1 aromatic heterocycles. The average molecular weight is 704 g/mol. The minimum atomic E-state index is 0.0786. The van der Waals surface area contributed by atoms with E-state index in [2.05, 4.69) is 194 Å². The summed E-state index contributed by atoms with van der Waals surface area (Å²) < 4.78 is 2.87. The predicted octanol–water partition coefficient (Wildman–Crippen LogP) is 13.7. The van der Waals surface area contributed by atoms with Crippen molar-refractivity contribution in [1.82, 2.24) is 0 Å². The summed E-state index contributed by atoms with van der Waals surface area (Å²) in [6.45, 7) is 32.7.